The molecule has 0 atom stereocenters. The first-order chi connectivity index (χ1) is 12.8. The summed E-state index contributed by atoms with van der Waals surface area (Å²) in [5.41, 5.74) is 1.94. The molecule has 1 aliphatic rings. The number of urea groups is 1. The second kappa shape index (κ2) is 7.49. The van der Waals surface area contributed by atoms with Gasteiger partial charge < -0.3 is 9.80 Å². The highest BCUT2D eigenvalue weighted by atomic mass is 32.1. The highest BCUT2D eigenvalue weighted by Crippen LogP contribution is 2.24. The second-order valence-electron chi connectivity index (χ2n) is 5.87. The Bertz CT molecular complexity index is 862. The number of carbonyl (C=O) groups excluding carboxylic acids is 1. The molecule has 1 N–H and O–H groups in total. The Morgan fingerprint density at radius 3 is 2.46 bits per heavy atom. The van der Waals surface area contributed by atoms with Crippen LogP contribution in [0.15, 0.2) is 54.7 Å². The Morgan fingerprint density at radius 1 is 0.962 bits per heavy atom. The first kappa shape index (κ1) is 16.5. The van der Waals surface area contributed by atoms with Gasteiger partial charge in [-0.3, -0.25) is 10.3 Å². The van der Waals surface area contributed by atoms with E-state index in [1.165, 1.54) is 17.0 Å². The third kappa shape index (κ3) is 3.65. The summed E-state index contributed by atoms with van der Waals surface area (Å²) in [6, 6.07) is 15.7. The first-order valence-corrected chi connectivity index (χ1v) is 9.22. The monoisotopic (exact) mass is 366 g/mol. The number of carbonyl (C=O) groups is 1. The number of para-hydroxylation sites is 1. The maximum absolute atomic E-state index is 12.5. The number of hydrogen-bond acceptors (Lipinski definition) is 6. The molecule has 2 aromatic heterocycles. The summed E-state index contributed by atoms with van der Waals surface area (Å²) in [4.78, 5) is 20.8. The molecule has 0 radical (unpaired) electrons. The van der Waals surface area contributed by atoms with Crippen molar-refractivity contribution < 1.29 is 4.79 Å². The summed E-state index contributed by atoms with van der Waals surface area (Å²) >= 11 is 1.32. The fourth-order valence-electron chi connectivity index (χ4n) is 2.84. The number of piperazine rings is 1. The summed E-state index contributed by atoms with van der Waals surface area (Å²) in [6.45, 7) is 2.97. The van der Waals surface area contributed by atoms with E-state index < -0.39 is 0 Å². The largest absolute Gasteiger partial charge is 0.368 e. The number of amides is 2. The third-order valence-corrected chi connectivity index (χ3v) is 5.07. The minimum absolute atomic E-state index is 0.138. The van der Waals surface area contributed by atoms with Gasteiger partial charge in [-0.2, -0.15) is 0 Å². The summed E-state index contributed by atoms with van der Waals surface area (Å²) in [5.74, 6) is 0. The molecular formula is C18H18N6OS. The molecule has 0 spiro atoms. The van der Waals surface area contributed by atoms with Crippen LogP contribution in [-0.4, -0.2) is 52.3 Å². The van der Waals surface area contributed by atoms with Crippen LogP contribution in [0, 0.1) is 0 Å². The van der Waals surface area contributed by atoms with E-state index in [4.69, 9.17) is 0 Å². The van der Waals surface area contributed by atoms with E-state index in [0.717, 1.165) is 18.8 Å². The molecule has 1 aromatic carbocycles. The molecule has 3 aromatic rings. The van der Waals surface area contributed by atoms with Crippen molar-refractivity contribution in [2.75, 3.05) is 36.4 Å². The summed E-state index contributed by atoms with van der Waals surface area (Å²) in [5, 5.41) is 12.2. The molecule has 132 valence electrons. The van der Waals surface area contributed by atoms with Gasteiger partial charge in [0, 0.05) is 38.1 Å². The fourth-order valence-corrected chi connectivity index (χ4v) is 3.55. The van der Waals surface area contributed by atoms with Gasteiger partial charge in [0.15, 0.2) is 5.01 Å². The maximum Gasteiger partial charge on any atom is 0.323 e. The van der Waals surface area contributed by atoms with E-state index in [9.17, 15) is 4.79 Å². The van der Waals surface area contributed by atoms with Crippen molar-refractivity contribution in [3.8, 4) is 10.7 Å². The van der Waals surface area contributed by atoms with Crippen LogP contribution in [0.2, 0.25) is 0 Å². The average Bonchev–Trinajstić information content (AvgIpc) is 3.18. The van der Waals surface area contributed by atoms with E-state index in [-0.39, 0.29) is 6.03 Å². The first-order valence-electron chi connectivity index (χ1n) is 8.40. The lowest BCUT2D eigenvalue weighted by Gasteiger charge is -2.35. The van der Waals surface area contributed by atoms with Gasteiger partial charge in [0.25, 0.3) is 0 Å². The molecule has 4 rings (SSSR count). The summed E-state index contributed by atoms with van der Waals surface area (Å²) in [6.07, 6.45) is 1.71. The Morgan fingerprint density at radius 2 is 1.73 bits per heavy atom. The van der Waals surface area contributed by atoms with Gasteiger partial charge in [0.2, 0.25) is 5.13 Å². The molecule has 1 fully saturated rings. The third-order valence-electron chi connectivity index (χ3n) is 4.21. The van der Waals surface area contributed by atoms with Crippen molar-refractivity contribution in [1.82, 2.24) is 20.1 Å². The van der Waals surface area contributed by atoms with Crippen LogP contribution in [0.1, 0.15) is 0 Å². The lowest BCUT2D eigenvalue weighted by atomic mass is 10.2. The van der Waals surface area contributed by atoms with E-state index in [2.05, 4.69) is 37.5 Å². The van der Waals surface area contributed by atoms with Crippen molar-refractivity contribution in [1.29, 1.82) is 0 Å². The number of benzene rings is 1. The van der Waals surface area contributed by atoms with Crippen molar-refractivity contribution in [3.05, 3.63) is 54.7 Å². The van der Waals surface area contributed by atoms with Crippen molar-refractivity contribution >= 4 is 28.2 Å². The van der Waals surface area contributed by atoms with Crippen molar-refractivity contribution in [3.63, 3.8) is 0 Å². The van der Waals surface area contributed by atoms with Gasteiger partial charge in [-0.1, -0.05) is 35.6 Å². The van der Waals surface area contributed by atoms with E-state index in [0.29, 0.717) is 23.2 Å². The molecule has 1 saturated heterocycles. The number of aromatic nitrogens is 3. The number of anilines is 2. The quantitative estimate of drug-likeness (QED) is 0.771. The highest BCUT2D eigenvalue weighted by Gasteiger charge is 2.22. The van der Waals surface area contributed by atoms with Gasteiger partial charge in [-0.05, 0) is 24.3 Å². The molecule has 2 amide bonds. The second-order valence-corrected chi connectivity index (χ2v) is 6.84. The molecule has 0 unspecified atom stereocenters. The molecule has 8 heteroatoms. The summed E-state index contributed by atoms with van der Waals surface area (Å²) in [7, 11) is 0. The topological polar surface area (TPSA) is 74.2 Å². The van der Waals surface area contributed by atoms with E-state index in [1.54, 1.807) is 11.1 Å². The standard InChI is InChI=1S/C18H18N6OS/c25-18(20-17-22-21-16(26-17)15-8-4-5-9-19-15)24-12-10-23(11-13-24)14-6-2-1-3-7-14/h1-9H,10-13H2,(H,20,22,25). The smallest absolute Gasteiger partial charge is 0.323 e. The number of hydrogen-bond donors (Lipinski definition) is 1. The maximum atomic E-state index is 12.5. The van der Waals surface area contributed by atoms with Crippen LogP contribution >= 0.6 is 11.3 Å². The zero-order chi connectivity index (χ0) is 17.8. The molecule has 0 aliphatic carbocycles. The van der Waals surface area contributed by atoms with Crippen molar-refractivity contribution in [2.24, 2.45) is 0 Å². The van der Waals surface area contributed by atoms with Crippen molar-refractivity contribution in [2.45, 2.75) is 0 Å². The van der Waals surface area contributed by atoms with Gasteiger partial charge in [0.05, 0.1) is 0 Å². The minimum Gasteiger partial charge on any atom is -0.368 e. The van der Waals surface area contributed by atoms with Crippen LogP contribution in [0.4, 0.5) is 15.6 Å². The van der Waals surface area contributed by atoms with E-state index in [1.807, 2.05) is 36.4 Å². The number of nitrogens with one attached hydrogen (secondary N) is 1. The van der Waals surface area contributed by atoms with Crippen LogP contribution in [-0.2, 0) is 0 Å². The lowest BCUT2D eigenvalue weighted by molar-refractivity contribution is 0.208. The number of nitrogens with zero attached hydrogens (tertiary/aromatic N) is 5. The Kier molecular flexibility index (Phi) is 4.74. The molecule has 1 aliphatic heterocycles. The highest BCUT2D eigenvalue weighted by molar-refractivity contribution is 7.18. The Labute approximate surface area is 155 Å². The molecule has 3 heterocycles. The lowest BCUT2D eigenvalue weighted by Crippen LogP contribution is -2.50. The van der Waals surface area contributed by atoms with E-state index >= 15 is 0 Å². The normalized spacial score (nSPS) is 14.3. The zero-order valence-electron chi connectivity index (χ0n) is 14.1. The number of rotatable bonds is 3. The van der Waals surface area contributed by atoms with Gasteiger partial charge >= 0.3 is 6.03 Å². The molecule has 7 nitrogen and oxygen atoms in total. The van der Waals surface area contributed by atoms with Crippen LogP contribution in [0.25, 0.3) is 10.7 Å². The van der Waals surface area contributed by atoms with Gasteiger partial charge in [0.1, 0.15) is 5.69 Å². The van der Waals surface area contributed by atoms with Gasteiger partial charge in [-0.25, -0.2) is 4.79 Å². The predicted octanol–water partition coefficient (Wildman–Crippen LogP) is 2.95. The fraction of sp³-hybridized carbons (Fsp3) is 0.222. The number of pyridine rings is 1. The van der Waals surface area contributed by atoms with Gasteiger partial charge in [-0.15, -0.1) is 10.2 Å². The SMILES string of the molecule is O=C(Nc1nnc(-c2ccccn2)s1)N1CCN(c2ccccc2)CC1. The Balaban J connectivity index is 1.34. The summed E-state index contributed by atoms with van der Waals surface area (Å²) < 4.78 is 0. The molecule has 0 saturated carbocycles. The van der Waals surface area contributed by atoms with Crippen LogP contribution < -0.4 is 10.2 Å². The molecule has 0 bridgehead atoms. The zero-order valence-corrected chi connectivity index (χ0v) is 14.9. The van der Waals surface area contributed by atoms with Crippen LogP contribution in [0.5, 0.6) is 0 Å². The Hall–Kier alpha value is -3.00. The molecule has 26 heavy (non-hydrogen) atoms. The minimum atomic E-state index is -0.138. The molecular weight excluding hydrogens is 348 g/mol. The van der Waals surface area contributed by atoms with Crippen LogP contribution in [0.3, 0.4) is 0 Å². The average molecular weight is 366 g/mol. The predicted molar refractivity (Wildman–Crippen MR) is 102 cm³/mol.